The van der Waals surface area contributed by atoms with E-state index in [0.717, 1.165) is 12.8 Å². The standard InChI is InChI=1S/C14H18O4/c1-2-3-8-17-9-10-18-14(16)13-7-5-4-6-12(13)11-15/h4-7,11H,2-3,8-10H2,1H3. The maximum atomic E-state index is 11.7. The maximum Gasteiger partial charge on any atom is 0.338 e. The van der Waals surface area contributed by atoms with Crippen molar-refractivity contribution < 1.29 is 19.1 Å². The van der Waals surface area contributed by atoms with Crippen LogP contribution in [0.25, 0.3) is 0 Å². The van der Waals surface area contributed by atoms with Gasteiger partial charge in [0.2, 0.25) is 0 Å². The van der Waals surface area contributed by atoms with Crippen molar-refractivity contribution >= 4 is 12.3 Å². The lowest BCUT2D eigenvalue weighted by molar-refractivity contribution is 0.0312. The van der Waals surface area contributed by atoms with Crippen LogP contribution in [-0.4, -0.2) is 32.1 Å². The summed E-state index contributed by atoms with van der Waals surface area (Å²) in [7, 11) is 0. The number of rotatable bonds is 8. The van der Waals surface area contributed by atoms with E-state index >= 15 is 0 Å². The molecule has 0 bridgehead atoms. The van der Waals surface area contributed by atoms with Crippen molar-refractivity contribution in [2.24, 2.45) is 0 Å². The predicted molar refractivity (Wildman–Crippen MR) is 67.8 cm³/mol. The molecule has 0 heterocycles. The van der Waals surface area contributed by atoms with E-state index in [9.17, 15) is 9.59 Å². The molecule has 0 aliphatic carbocycles. The molecule has 0 spiro atoms. The Morgan fingerprint density at radius 1 is 1.22 bits per heavy atom. The first-order valence-electron chi connectivity index (χ1n) is 6.08. The molecular weight excluding hydrogens is 232 g/mol. The number of hydrogen-bond donors (Lipinski definition) is 0. The van der Waals surface area contributed by atoms with Crippen molar-refractivity contribution in [3.63, 3.8) is 0 Å². The number of ether oxygens (including phenoxy) is 2. The Balaban J connectivity index is 2.34. The van der Waals surface area contributed by atoms with Crippen molar-refractivity contribution in [3.8, 4) is 0 Å². The van der Waals surface area contributed by atoms with Crippen LogP contribution in [0.4, 0.5) is 0 Å². The van der Waals surface area contributed by atoms with Crippen LogP contribution in [0.1, 0.15) is 40.5 Å². The predicted octanol–water partition coefficient (Wildman–Crippen LogP) is 2.47. The zero-order chi connectivity index (χ0) is 13.2. The van der Waals surface area contributed by atoms with Gasteiger partial charge in [0.05, 0.1) is 12.2 Å². The molecule has 0 amide bonds. The summed E-state index contributed by atoms with van der Waals surface area (Å²) in [5.74, 6) is -0.489. The van der Waals surface area contributed by atoms with Crippen LogP contribution in [0.3, 0.4) is 0 Å². The summed E-state index contributed by atoms with van der Waals surface area (Å²) in [5, 5.41) is 0. The highest BCUT2D eigenvalue weighted by atomic mass is 16.6. The Bertz CT molecular complexity index is 387. The third-order valence-corrected chi connectivity index (χ3v) is 2.41. The van der Waals surface area contributed by atoms with Crippen molar-refractivity contribution in [3.05, 3.63) is 35.4 Å². The fourth-order valence-electron chi connectivity index (χ4n) is 1.41. The second-order valence-electron chi connectivity index (χ2n) is 3.81. The van der Waals surface area contributed by atoms with E-state index in [2.05, 4.69) is 6.92 Å². The lowest BCUT2D eigenvalue weighted by Crippen LogP contribution is -2.12. The molecule has 1 aromatic rings. The van der Waals surface area contributed by atoms with Crippen molar-refractivity contribution in [1.82, 2.24) is 0 Å². The van der Waals surface area contributed by atoms with Gasteiger partial charge in [0.25, 0.3) is 0 Å². The molecule has 98 valence electrons. The zero-order valence-corrected chi connectivity index (χ0v) is 10.6. The quantitative estimate of drug-likeness (QED) is 0.404. The largest absolute Gasteiger partial charge is 0.460 e. The summed E-state index contributed by atoms with van der Waals surface area (Å²) in [6, 6.07) is 6.56. The highest BCUT2D eigenvalue weighted by Crippen LogP contribution is 2.07. The van der Waals surface area contributed by atoms with Gasteiger partial charge in [0.1, 0.15) is 6.61 Å². The van der Waals surface area contributed by atoms with Crippen LogP contribution in [0.5, 0.6) is 0 Å². The first kappa shape index (κ1) is 14.4. The van der Waals surface area contributed by atoms with Crippen LogP contribution < -0.4 is 0 Å². The summed E-state index contributed by atoms with van der Waals surface area (Å²) in [6.07, 6.45) is 2.72. The van der Waals surface area contributed by atoms with E-state index in [4.69, 9.17) is 9.47 Å². The van der Waals surface area contributed by atoms with Crippen molar-refractivity contribution in [1.29, 1.82) is 0 Å². The summed E-state index contributed by atoms with van der Waals surface area (Å²) >= 11 is 0. The molecule has 0 fully saturated rings. The number of carbonyl (C=O) groups excluding carboxylic acids is 2. The van der Waals surface area contributed by atoms with Gasteiger partial charge in [-0.1, -0.05) is 31.5 Å². The van der Waals surface area contributed by atoms with Gasteiger partial charge in [-0.05, 0) is 12.5 Å². The van der Waals surface area contributed by atoms with E-state index in [0.29, 0.717) is 30.6 Å². The van der Waals surface area contributed by atoms with E-state index in [1.165, 1.54) is 0 Å². The lowest BCUT2D eigenvalue weighted by Gasteiger charge is -2.07. The van der Waals surface area contributed by atoms with Crippen LogP contribution in [0, 0.1) is 0 Å². The summed E-state index contributed by atoms with van der Waals surface area (Å²) in [4.78, 5) is 22.4. The number of carbonyl (C=O) groups is 2. The molecule has 0 aliphatic rings. The van der Waals surface area contributed by atoms with Crippen LogP contribution in [-0.2, 0) is 9.47 Å². The molecule has 0 aliphatic heterocycles. The van der Waals surface area contributed by atoms with Gasteiger partial charge in [-0.3, -0.25) is 4.79 Å². The molecule has 0 saturated carbocycles. The van der Waals surface area contributed by atoms with Gasteiger partial charge in [-0.2, -0.15) is 0 Å². The number of esters is 1. The van der Waals surface area contributed by atoms with Gasteiger partial charge >= 0.3 is 5.97 Å². The minimum atomic E-state index is -0.489. The molecular formula is C14H18O4. The molecule has 0 atom stereocenters. The Morgan fingerprint density at radius 3 is 2.72 bits per heavy atom. The zero-order valence-electron chi connectivity index (χ0n) is 10.6. The summed E-state index contributed by atoms with van der Waals surface area (Å²) < 4.78 is 10.3. The van der Waals surface area contributed by atoms with Crippen molar-refractivity contribution in [2.75, 3.05) is 19.8 Å². The number of hydrogen-bond acceptors (Lipinski definition) is 4. The summed E-state index contributed by atoms with van der Waals surface area (Å²) in [6.45, 7) is 3.35. The smallest absolute Gasteiger partial charge is 0.338 e. The van der Waals surface area contributed by atoms with E-state index in [1.807, 2.05) is 0 Å². The topological polar surface area (TPSA) is 52.6 Å². The van der Waals surface area contributed by atoms with Crippen LogP contribution in [0.2, 0.25) is 0 Å². The Labute approximate surface area is 107 Å². The van der Waals surface area contributed by atoms with Gasteiger partial charge in [-0.15, -0.1) is 0 Å². The summed E-state index contributed by atoms with van der Waals surface area (Å²) in [5.41, 5.74) is 0.635. The van der Waals surface area contributed by atoms with Crippen molar-refractivity contribution in [2.45, 2.75) is 19.8 Å². The minimum Gasteiger partial charge on any atom is -0.460 e. The highest BCUT2D eigenvalue weighted by molar-refractivity contribution is 5.98. The fraction of sp³-hybridized carbons (Fsp3) is 0.429. The average molecular weight is 250 g/mol. The van der Waals surface area contributed by atoms with Gasteiger partial charge in [0, 0.05) is 12.2 Å². The number of aldehydes is 1. The van der Waals surface area contributed by atoms with Gasteiger partial charge in [-0.25, -0.2) is 4.79 Å². The van der Waals surface area contributed by atoms with E-state index in [1.54, 1.807) is 24.3 Å². The maximum absolute atomic E-state index is 11.7. The normalized spacial score (nSPS) is 10.1. The molecule has 0 radical (unpaired) electrons. The number of unbranched alkanes of at least 4 members (excludes halogenated alkanes) is 1. The molecule has 0 saturated heterocycles. The molecule has 4 heteroatoms. The lowest BCUT2D eigenvalue weighted by atomic mass is 10.1. The average Bonchev–Trinajstić information content (AvgIpc) is 2.42. The Kier molecular flexibility index (Phi) is 6.72. The van der Waals surface area contributed by atoms with Gasteiger partial charge < -0.3 is 9.47 Å². The molecule has 18 heavy (non-hydrogen) atoms. The second kappa shape index (κ2) is 8.42. The Hall–Kier alpha value is -1.68. The minimum absolute atomic E-state index is 0.204. The molecule has 1 aromatic carbocycles. The van der Waals surface area contributed by atoms with Gasteiger partial charge in [0.15, 0.2) is 6.29 Å². The van der Waals surface area contributed by atoms with Crippen LogP contribution >= 0.6 is 0 Å². The monoisotopic (exact) mass is 250 g/mol. The van der Waals surface area contributed by atoms with E-state index < -0.39 is 5.97 Å². The fourth-order valence-corrected chi connectivity index (χ4v) is 1.41. The third-order valence-electron chi connectivity index (χ3n) is 2.41. The Morgan fingerprint density at radius 2 is 2.00 bits per heavy atom. The highest BCUT2D eigenvalue weighted by Gasteiger charge is 2.11. The molecule has 0 unspecified atom stereocenters. The molecule has 1 rings (SSSR count). The first-order chi connectivity index (χ1) is 8.79. The third kappa shape index (κ3) is 4.67. The molecule has 0 N–H and O–H groups in total. The molecule has 0 aromatic heterocycles. The first-order valence-corrected chi connectivity index (χ1v) is 6.08. The van der Waals surface area contributed by atoms with Crippen LogP contribution in [0.15, 0.2) is 24.3 Å². The molecule has 4 nitrogen and oxygen atoms in total. The number of benzene rings is 1. The SMILES string of the molecule is CCCCOCCOC(=O)c1ccccc1C=O. The van der Waals surface area contributed by atoms with E-state index in [-0.39, 0.29) is 6.61 Å². The second-order valence-corrected chi connectivity index (χ2v) is 3.81.